The van der Waals surface area contributed by atoms with E-state index in [0.29, 0.717) is 383 Å². The fourth-order valence-electron chi connectivity index (χ4n) is 6.66. The fourth-order valence-corrected chi connectivity index (χ4v) is 6.66. The highest BCUT2D eigenvalue weighted by molar-refractivity contribution is 5.67. The number of rotatable bonds is 86. The first kappa shape index (κ1) is 93.1. The van der Waals surface area contributed by atoms with Gasteiger partial charge in [-0.05, 0) is 20.8 Å². The second-order valence-corrected chi connectivity index (χ2v) is 20.4. The molecule has 0 radical (unpaired) electrons. The van der Waals surface area contributed by atoms with Gasteiger partial charge in [0.15, 0.2) is 0 Å². The lowest BCUT2D eigenvalue weighted by molar-refractivity contribution is -0.0323. The molecule has 0 fully saturated rings. The molecule has 0 aliphatic carbocycles. The van der Waals surface area contributed by atoms with E-state index in [2.05, 4.69) is 5.32 Å². The average molecular weight is 1390 g/mol. The first-order valence-electron chi connectivity index (χ1n) is 33.8. The van der Waals surface area contributed by atoms with Gasteiger partial charge in [0, 0.05) is 13.1 Å². The molecule has 0 rings (SSSR count). The second kappa shape index (κ2) is 84.5. The summed E-state index contributed by atoms with van der Waals surface area (Å²) in [4.78, 5) is 11.5. The minimum Gasteiger partial charge on any atom is -0.444 e. The van der Waals surface area contributed by atoms with E-state index in [1.54, 1.807) is 0 Å². The third kappa shape index (κ3) is 90.1. The Kier molecular flexibility index (Phi) is 82.8. The summed E-state index contributed by atoms with van der Waals surface area (Å²) in [6.45, 7) is 33.4. The number of hydrogen-bond donors (Lipinski definition) is 2. The van der Waals surface area contributed by atoms with Crippen molar-refractivity contribution in [3.05, 3.63) is 0 Å². The Morgan fingerprint density at radius 3 is 0.411 bits per heavy atom. The van der Waals surface area contributed by atoms with Crippen molar-refractivity contribution in [1.29, 1.82) is 0 Å². The van der Waals surface area contributed by atoms with Crippen LogP contribution in [0, 0.1) is 0 Å². The number of hydrogen-bond acceptors (Lipinski definition) is 31. The van der Waals surface area contributed by atoms with E-state index in [4.69, 9.17) is 143 Å². The van der Waals surface area contributed by atoms with Gasteiger partial charge in [-0.2, -0.15) is 0 Å². The van der Waals surface area contributed by atoms with Crippen LogP contribution in [0.25, 0.3) is 0 Å². The molecule has 0 unspecified atom stereocenters. The van der Waals surface area contributed by atoms with Crippen LogP contribution < -0.4 is 11.1 Å². The van der Waals surface area contributed by atoms with Gasteiger partial charge in [0.05, 0.1) is 370 Å². The van der Waals surface area contributed by atoms with Gasteiger partial charge < -0.3 is 148 Å². The van der Waals surface area contributed by atoms with Crippen molar-refractivity contribution in [2.24, 2.45) is 5.73 Å². The predicted octanol–water partition coefficient (Wildman–Crippen LogP) is 0.935. The smallest absolute Gasteiger partial charge is 0.407 e. The van der Waals surface area contributed by atoms with Crippen molar-refractivity contribution >= 4 is 6.09 Å². The average Bonchev–Trinajstić information content (AvgIpc) is 3.76. The summed E-state index contributed by atoms with van der Waals surface area (Å²) in [6.07, 6.45) is -0.459. The van der Waals surface area contributed by atoms with E-state index in [1.165, 1.54) is 0 Å². The van der Waals surface area contributed by atoms with Gasteiger partial charge in [0.1, 0.15) is 5.60 Å². The molecule has 0 aromatic rings. The molecule has 0 aromatic carbocycles. The van der Waals surface area contributed by atoms with Crippen molar-refractivity contribution in [2.75, 3.05) is 383 Å². The second-order valence-electron chi connectivity index (χ2n) is 20.4. The molecule has 0 atom stereocenters. The summed E-state index contributed by atoms with van der Waals surface area (Å²) in [6, 6.07) is 0. The maximum absolute atomic E-state index is 11.5. The number of carbonyl (C=O) groups excluding carboxylic acids is 1. The summed E-state index contributed by atoms with van der Waals surface area (Å²) in [7, 11) is 0. The van der Waals surface area contributed by atoms with Crippen LogP contribution in [-0.4, -0.2) is 395 Å². The molecule has 570 valence electrons. The first-order chi connectivity index (χ1) is 47.0. The zero-order chi connectivity index (χ0) is 68.3. The van der Waals surface area contributed by atoms with E-state index in [1.807, 2.05) is 20.8 Å². The SMILES string of the molecule is CC(C)(C)OC(=O)NCCOCCOCCOCCOCCOCCOCCOCCOCCOCCOCCOCCOCCOCCOCCOCCOCCOCCOCCOCCOCCOCCOCCOCCOCCOCCOCCOCCOCCN. The van der Waals surface area contributed by atoms with Crippen LogP contribution in [0.15, 0.2) is 0 Å². The lowest BCUT2D eigenvalue weighted by Crippen LogP contribution is -2.34. The summed E-state index contributed by atoms with van der Waals surface area (Å²) >= 11 is 0. The van der Waals surface area contributed by atoms with Gasteiger partial charge >= 0.3 is 6.09 Å². The molecule has 32 nitrogen and oxygen atoms in total. The number of carbonyl (C=O) groups is 1. The monoisotopic (exact) mass is 1390 g/mol. The molecular formula is C63H128N2O30. The van der Waals surface area contributed by atoms with Crippen LogP contribution in [0.2, 0.25) is 0 Å². The molecule has 0 saturated carbocycles. The third-order valence-electron chi connectivity index (χ3n) is 11.2. The normalized spacial score (nSPS) is 11.9. The lowest BCUT2D eigenvalue weighted by Gasteiger charge is -2.19. The Hall–Kier alpha value is -1.89. The zero-order valence-corrected chi connectivity index (χ0v) is 58.3. The first-order valence-corrected chi connectivity index (χ1v) is 33.8. The van der Waals surface area contributed by atoms with Crippen molar-refractivity contribution in [3.63, 3.8) is 0 Å². The molecule has 1 amide bonds. The number of amides is 1. The quantitative estimate of drug-likeness (QED) is 0.0800. The molecule has 0 aliphatic rings. The van der Waals surface area contributed by atoms with Crippen molar-refractivity contribution < 1.29 is 142 Å². The fraction of sp³-hybridized carbons (Fsp3) is 0.984. The highest BCUT2D eigenvalue weighted by Crippen LogP contribution is 2.06. The number of nitrogens with one attached hydrogen (secondary N) is 1. The Labute approximate surface area is 567 Å². The van der Waals surface area contributed by atoms with E-state index in [9.17, 15) is 4.79 Å². The molecule has 0 aliphatic heterocycles. The molecule has 95 heavy (non-hydrogen) atoms. The summed E-state index contributed by atoms with van der Waals surface area (Å²) in [5.74, 6) is 0. The molecule has 32 heteroatoms. The van der Waals surface area contributed by atoms with Crippen LogP contribution in [0.5, 0.6) is 0 Å². The Morgan fingerprint density at radius 1 is 0.200 bits per heavy atom. The Balaban J connectivity index is 3.10. The van der Waals surface area contributed by atoms with Crippen molar-refractivity contribution in [3.8, 4) is 0 Å². The van der Waals surface area contributed by atoms with Crippen LogP contribution in [0.4, 0.5) is 4.79 Å². The van der Waals surface area contributed by atoms with Gasteiger partial charge in [0.25, 0.3) is 0 Å². The van der Waals surface area contributed by atoms with Gasteiger partial charge in [-0.3, -0.25) is 0 Å². The third-order valence-corrected chi connectivity index (χ3v) is 11.2. The largest absolute Gasteiger partial charge is 0.444 e. The summed E-state index contributed by atoms with van der Waals surface area (Å²) in [5.41, 5.74) is 4.83. The highest BCUT2D eigenvalue weighted by atomic mass is 16.6. The van der Waals surface area contributed by atoms with Gasteiger partial charge in [-0.15, -0.1) is 0 Å². The number of nitrogens with two attached hydrogens (primary N) is 1. The van der Waals surface area contributed by atoms with Crippen molar-refractivity contribution in [2.45, 2.75) is 26.4 Å². The minimum atomic E-state index is -0.523. The zero-order valence-electron chi connectivity index (χ0n) is 58.3. The van der Waals surface area contributed by atoms with E-state index < -0.39 is 11.7 Å². The van der Waals surface area contributed by atoms with Crippen molar-refractivity contribution in [1.82, 2.24) is 5.32 Å². The lowest BCUT2D eigenvalue weighted by atomic mass is 10.2. The minimum absolute atomic E-state index is 0.373. The van der Waals surface area contributed by atoms with Crippen LogP contribution in [0.3, 0.4) is 0 Å². The van der Waals surface area contributed by atoms with Gasteiger partial charge in [-0.25, -0.2) is 4.79 Å². The van der Waals surface area contributed by atoms with Gasteiger partial charge in [-0.1, -0.05) is 0 Å². The Bertz CT molecular complexity index is 1410. The molecule has 0 bridgehead atoms. The van der Waals surface area contributed by atoms with Crippen LogP contribution >= 0.6 is 0 Å². The number of alkyl carbamates (subject to hydrolysis) is 1. The van der Waals surface area contributed by atoms with Crippen LogP contribution in [0.1, 0.15) is 20.8 Å². The van der Waals surface area contributed by atoms with Gasteiger partial charge in [0.2, 0.25) is 0 Å². The Morgan fingerprint density at radius 2 is 0.305 bits per heavy atom. The number of ether oxygens (including phenoxy) is 29. The topological polar surface area (TPSA) is 323 Å². The molecule has 0 spiro atoms. The summed E-state index contributed by atoms with van der Waals surface area (Å²) in [5, 5.41) is 2.63. The molecule has 0 aromatic heterocycles. The van der Waals surface area contributed by atoms with E-state index >= 15 is 0 Å². The standard InChI is InChI=1S/C63H128N2O30/c1-63(2,3)95-62(66)65-5-7-68-9-11-70-13-15-72-17-19-74-21-23-76-25-27-78-29-31-80-33-35-82-37-39-84-41-43-86-45-47-88-49-51-90-53-55-92-57-59-94-61-60-93-58-56-91-54-52-89-50-48-87-46-44-85-42-40-83-38-36-81-34-32-79-30-28-77-26-24-75-22-20-73-18-16-71-14-12-69-10-8-67-6-4-64/h4-61,64H2,1-3H3,(H,65,66). The van der Waals surface area contributed by atoms with E-state index in [0.717, 1.165) is 0 Å². The molecule has 3 N–H and O–H groups in total. The summed E-state index contributed by atoms with van der Waals surface area (Å²) < 4.78 is 159. The van der Waals surface area contributed by atoms with E-state index in [-0.39, 0.29) is 0 Å². The highest BCUT2D eigenvalue weighted by Gasteiger charge is 2.15. The molecular weight excluding hydrogens is 1260 g/mol. The molecule has 0 saturated heterocycles. The maximum atomic E-state index is 11.5. The molecule has 0 heterocycles. The van der Waals surface area contributed by atoms with Crippen LogP contribution in [-0.2, 0) is 137 Å². The predicted molar refractivity (Wildman–Crippen MR) is 346 cm³/mol. The maximum Gasteiger partial charge on any atom is 0.407 e.